The van der Waals surface area contributed by atoms with Gasteiger partial charge in [0.05, 0.1) is 17.4 Å². The van der Waals surface area contributed by atoms with Crippen LogP contribution in [0.25, 0.3) is 11.0 Å². The summed E-state index contributed by atoms with van der Waals surface area (Å²) >= 11 is 0. The molecule has 2 heterocycles. The molecule has 0 saturated heterocycles. The molecule has 26 heavy (non-hydrogen) atoms. The Morgan fingerprint density at radius 2 is 2.15 bits per heavy atom. The van der Waals surface area contributed by atoms with Gasteiger partial charge in [0.1, 0.15) is 5.76 Å². The van der Waals surface area contributed by atoms with Crippen LogP contribution in [0.3, 0.4) is 0 Å². The molecule has 0 spiro atoms. The van der Waals surface area contributed by atoms with Crippen LogP contribution >= 0.6 is 0 Å². The van der Waals surface area contributed by atoms with Crippen LogP contribution in [0.15, 0.2) is 29.0 Å². The topological polar surface area (TPSA) is 73.0 Å². The summed E-state index contributed by atoms with van der Waals surface area (Å²) < 4.78 is 7.39. The van der Waals surface area contributed by atoms with Gasteiger partial charge >= 0.3 is 0 Å². The maximum atomic E-state index is 12.8. The molecule has 3 aromatic rings. The van der Waals surface area contributed by atoms with E-state index >= 15 is 0 Å². The third kappa shape index (κ3) is 2.89. The molecule has 6 heteroatoms. The van der Waals surface area contributed by atoms with Crippen molar-refractivity contribution in [1.29, 1.82) is 0 Å². The van der Waals surface area contributed by atoms with Gasteiger partial charge in [-0.1, -0.05) is 25.9 Å². The molecule has 1 amide bonds. The minimum absolute atomic E-state index is 0.202. The first kappa shape index (κ1) is 16.8. The highest BCUT2D eigenvalue weighted by molar-refractivity contribution is 6.04. The number of fused-ring (bicyclic) bond motifs is 2. The Kier molecular flexibility index (Phi) is 3.86. The van der Waals surface area contributed by atoms with Gasteiger partial charge in [0.15, 0.2) is 5.69 Å². The van der Waals surface area contributed by atoms with Crippen molar-refractivity contribution in [2.75, 3.05) is 5.32 Å². The predicted octanol–water partition coefficient (Wildman–Crippen LogP) is 3.96. The zero-order chi connectivity index (χ0) is 18.5. The van der Waals surface area contributed by atoms with Crippen molar-refractivity contribution in [1.82, 2.24) is 14.7 Å². The quantitative estimate of drug-likeness (QED) is 0.757. The third-order valence-electron chi connectivity index (χ3n) is 5.46. The van der Waals surface area contributed by atoms with Crippen LogP contribution in [0.1, 0.15) is 49.0 Å². The molecule has 1 aliphatic carbocycles. The first-order chi connectivity index (χ1) is 12.3. The lowest BCUT2D eigenvalue weighted by Gasteiger charge is -2.33. The Morgan fingerprint density at radius 3 is 2.92 bits per heavy atom. The summed E-state index contributed by atoms with van der Waals surface area (Å²) in [6.45, 7) is 6.75. The second-order valence-corrected chi connectivity index (χ2v) is 8.25. The van der Waals surface area contributed by atoms with Crippen LogP contribution in [0, 0.1) is 11.3 Å². The van der Waals surface area contributed by atoms with Crippen molar-refractivity contribution in [3.63, 3.8) is 0 Å². The van der Waals surface area contributed by atoms with Crippen molar-refractivity contribution in [2.24, 2.45) is 18.4 Å². The van der Waals surface area contributed by atoms with Gasteiger partial charge in [-0.05, 0) is 42.4 Å². The molecule has 1 N–H and O–H groups in total. The van der Waals surface area contributed by atoms with Gasteiger partial charge in [-0.2, -0.15) is 0 Å². The zero-order valence-corrected chi connectivity index (χ0v) is 15.7. The van der Waals surface area contributed by atoms with Gasteiger partial charge in [-0.25, -0.2) is 4.98 Å². The van der Waals surface area contributed by atoms with Crippen LogP contribution in [0.2, 0.25) is 0 Å². The smallest absolute Gasteiger partial charge is 0.278 e. The summed E-state index contributed by atoms with van der Waals surface area (Å²) in [6, 6.07) is 5.68. The summed E-state index contributed by atoms with van der Waals surface area (Å²) in [5, 5.41) is 7.03. The van der Waals surface area contributed by atoms with Gasteiger partial charge in [0.2, 0.25) is 0 Å². The number of aromatic nitrogens is 3. The molecule has 6 nitrogen and oxygen atoms in total. The highest BCUT2D eigenvalue weighted by atomic mass is 16.5. The van der Waals surface area contributed by atoms with E-state index < -0.39 is 0 Å². The molecule has 4 rings (SSSR count). The van der Waals surface area contributed by atoms with Crippen molar-refractivity contribution < 1.29 is 9.32 Å². The van der Waals surface area contributed by atoms with E-state index in [-0.39, 0.29) is 11.3 Å². The van der Waals surface area contributed by atoms with Gasteiger partial charge < -0.3 is 14.4 Å². The Labute approximate surface area is 152 Å². The average molecular weight is 352 g/mol. The summed E-state index contributed by atoms with van der Waals surface area (Å²) in [5.74, 6) is 1.16. The van der Waals surface area contributed by atoms with E-state index in [4.69, 9.17) is 4.52 Å². The number of aryl methyl sites for hydroxylation is 2. The first-order valence-corrected chi connectivity index (χ1v) is 9.03. The number of hydrogen-bond acceptors (Lipinski definition) is 4. The van der Waals surface area contributed by atoms with E-state index in [9.17, 15) is 4.79 Å². The Hall–Kier alpha value is -2.63. The molecule has 2 aromatic heterocycles. The van der Waals surface area contributed by atoms with Crippen LogP contribution < -0.4 is 5.32 Å². The molecule has 0 saturated carbocycles. The summed E-state index contributed by atoms with van der Waals surface area (Å²) in [6.07, 6.45) is 4.52. The average Bonchev–Trinajstić information content (AvgIpc) is 3.17. The van der Waals surface area contributed by atoms with E-state index in [1.54, 1.807) is 6.33 Å². The lowest BCUT2D eigenvalue weighted by atomic mass is 9.71. The van der Waals surface area contributed by atoms with E-state index in [1.807, 2.05) is 29.8 Å². The second kappa shape index (κ2) is 5.97. The molecule has 1 atom stereocenters. The highest BCUT2D eigenvalue weighted by Gasteiger charge is 2.34. The maximum Gasteiger partial charge on any atom is 0.278 e. The zero-order valence-electron chi connectivity index (χ0n) is 15.7. The highest BCUT2D eigenvalue weighted by Crippen LogP contribution is 2.38. The van der Waals surface area contributed by atoms with E-state index in [0.717, 1.165) is 47.3 Å². The molecular weight excluding hydrogens is 328 g/mol. The van der Waals surface area contributed by atoms with Crippen molar-refractivity contribution in [3.05, 3.63) is 41.5 Å². The third-order valence-corrected chi connectivity index (χ3v) is 5.46. The standard InChI is InChI=1S/C20H24N4O2/c1-20(2,3)12-5-8-17-14(9-12)18(23-26-17)19(25)22-13-6-7-15-16(10-13)24(4)11-21-15/h6-7,10-12H,5,8-9H2,1-4H3,(H,22,25)/t12-/m0/s1. The number of carbonyl (C=O) groups is 1. The molecule has 0 unspecified atom stereocenters. The molecular formula is C20H24N4O2. The molecule has 136 valence electrons. The van der Waals surface area contributed by atoms with Crippen LogP contribution in [-0.2, 0) is 19.9 Å². The van der Waals surface area contributed by atoms with Crippen molar-refractivity contribution in [3.8, 4) is 0 Å². The number of hydrogen-bond donors (Lipinski definition) is 1. The Morgan fingerprint density at radius 1 is 1.35 bits per heavy atom. The lowest BCUT2D eigenvalue weighted by molar-refractivity contribution is 0.101. The Balaban J connectivity index is 1.59. The van der Waals surface area contributed by atoms with E-state index in [2.05, 4.69) is 36.2 Å². The lowest BCUT2D eigenvalue weighted by Crippen LogP contribution is -2.27. The second-order valence-electron chi connectivity index (χ2n) is 8.25. The first-order valence-electron chi connectivity index (χ1n) is 9.03. The van der Waals surface area contributed by atoms with Crippen LogP contribution in [0.5, 0.6) is 0 Å². The molecule has 0 fully saturated rings. The number of imidazole rings is 1. The molecule has 1 aromatic carbocycles. The van der Waals surface area contributed by atoms with Gasteiger partial charge in [-0.3, -0.25) is 4.79 Å². The van der Waals surface area contributed by atoms with E-state index in [0.29, 0.717) is 11.6 Å². The van der Waals surface area contributed by atoms with Crippen LogP contribution in [-0.4, -0.2) is 20.6 Å². The minimum Gasteiger partial charge on any atom is -0.360 e. The van der Waals surface area contributed by atoms with E-state index in [1.165, 1.54) is 0 Å². The predicted molar refractivity (Wildman–Crippen MR) is 100 cm³/mol. The number of anilines is 1. The minimum atomic E-state index is -0.217. The summed E-state index contributed by atoms with van der Waals surface area (Å²) in [4.78, 5) is 17.1. The largest absolute Gasteiger partial charge is 0.360 e. The monoisotopic (exact) mass is 352 g/mol. The maximum absolute atomic E-state index is 12.8. The fraction of sp³-hybridized carbons (Fsp3) is 0.450. The number of nitrogens with one attached hydrogen (secondary N) is 1. The van der Waals surface area contributed by atoms with Crippen molar-refractivity contribution >= 4 is 22.6 Å². The number of amides is 1. The van der Waals surface area contributed by atoms with Crippen molar-refractivity contribution in [2.45, 2.75) is 40.0 Å². The number of nitrogens with zero attached hydrogens (tertiary/aromatic N) is 3. The molecule has 1 aliphatic rings. The summed E-state index contributed by atoms with van der Waals surface area (Å²) in [7, 11) is 1.93. The molecule has 0 bridgehead atoms. The normalized spacial score (nSPS) is 17.3. The van der Waals surface area contributed by atoms with Gasteiger partial charge in [0, 0.05) is 24.7 Å². The van der Waals surface area contributed by atoms with Gasteiger partial charge in [0.25, 0.3) is 5.91 Å². The SMILES string of the molecule is Cn1cnc2ccc(NC(=O)c3noc4c3C[C@@H](C(C)(C)C)CC4)cc21. The molecule has 0 radical (unpaired) electrons. The van der Waals surface area contributed by atoms with Crippen LogP contribution in [0.4, 0.5) is 5.69 Å². The molecule has 0 aliphatic heterocycles. The fourth-order valence-electron chi connectivity index (χ4n) is 3.72. The number of rotatable bonds is 2. The van der Waals surface area contributed by atoms with Gasteiger partial charge in [-0.15, -0.1) is 0 Å². The Bertz CT molecular complexity index is 978. The fourth-order valence-corrected chi connectivity index (χ4v) is 3.72. The number of carbonyl (C=O) groups excluding carboxylic acids is 1. The summed E-state index contributed by atoms with van der Waals surface area (Å²) in [5.41, 5.74) is 4.18. The number of benzene rings is 1.